The Balaban J connectivity index is 1.54. The third kappa shape index (κ3) is 3.16. The van der Waals surface area contributed by atoms with E-state index in [1.165, 1.54) is 6.20 Å². The van der Waals surface area contributed by atoms with Gasteiger partial charge in [-0.05, 0) is 31.2 Å². The van der Waals surface area contributed by atoms with Gasteiger partial charge in [-0.1, -0.05) is 35.0 Å². The molecule has 4 rings (SSSR count). The molecule has 8 nitrogen and oxygen atoms in total. The monoisotopic (exact) mass is 368 g/mol. The molecule has 0 saturated carbocycles. The van der Waals surface area contributed by atoms with Gasteiger partial charge >= 0.3 is 0 Å². The Hall–Kier alpha value is -3.20. The predicted octanol–water partition coefficient (Wildman–Crippen LogP) is 2.24. The molecule has 0 atom stereocenters. The number of hydrogen-bond donors (Lipinski definition) is 1. The number of fused-ring (bicyclic) bond motifs is 1. The fraction of sp³-hybridized carbons (Fsp3) is 0.118. The Morgan fingerprint density at radius 2 is 1.85 bits per heavy atom. The molecule has 9 heteroatoms. The molecule has 0 radical (unpaired) electrons. The highest BCUT2D eigenvalue weighted by molar-refractivity contribution is 7.92. The summed E-state index contributed by atoms with van der Waals surface area (Å²) in [6, 6.07) is 14.3. The van der Waals surface area contributed by atoms with Gasteiger partial charge < -0.3 is 0 Å². The van der Waals surface area contributed by atoms with Crippen molar-refractivity contribution in [2.24, 2.45) is 0 Å². The van der Waals surface area contributed by atoms with Crippen LogP contribution in [0.4, 0.5) is 5.69 Å². The smallest absolute Gasteiger partial charge is 0.261 e. The van der Waals surface area contributed by atoms with Crippen LogP contribution in [0.5, 0.6) is 0 Å². The van der Waals surface area contributed by atoms with E-state index in [4.69, 9.17) is 0 Å². The van der Waals surface area contributed by atoms with Gasteiger partial charge in [0.1, 0.15) is 12.2 Å². The summed E-state index contributed by atoms with van der Waals surface area (Å²) in [5.41, 5.74) is 3.05. The maximum atomic E-state index is 12.4. The zero-order valence-corrected chi connectivity index (χ0v) is 14.8. The van der Waals surface area contributed by atoms with Gasteiger partial charge in [-0.3, -0.25) is 4.72 Å². The molecular weight excluding hydrogens is 352 g/mol. The van der Waals surface area contributed by atoms with E-state index >= 15 is 0 Å². The number of aryl methyl sites for hydroxylation is 1. The number of benzene rings is 2. The van der Waals surface area contributed by atoms with Crippen molar-refractivity contribution in [2.45, 2.75) is 18.5 Å². The summed E-state index contributed by atoms with van der Waals surface area (Å²) < 4.78 is 30.7. The van der Waals surface area contributed by atoms with Crippen molar-refractivity contribution in [1.29, 1.82) is 0 Å². The molecule has 26 heavy (non-hydrogen) atoms. The van der Waals surface area contributed by atoms with E-state index in [0.29, 0.717) is 12.4 Å². The molecule has 2 heterocycles. The zero-order chi connectivity index (χ0) is 18.1. The summed E-state index contributed by atoms with van der Waals surface area (Å²) in [5.74, 6) is 0. The number of sulfonamides is 1. The first-order valence-corrected chi connectivity index (χ1v) is 9.40. The minimum absolute atomic E-state index is 0.207. The van der Waals surface area contributed by atoms with Crippen LogP contribution in [0, 0.1) is 6.92 Å². The molecule has 1 N–H and O–H groups in total. The second kappa shape index (κ2) is 6.26. The Kier molecular flexibility index (Phi) is 3.92. The fourth-order valence-electron chi connectivity index (χ4n) is 2.58. The minimum Gasteiger partial charge on any atom is -0.276 e. The third-order valence-electron chi connectivity index (χ3n) is 3.92. The first kappa shape index (κ1) is 16.3. The van der Waals surface area contributed by atoms with E-state index in [0.717, 1.165) is 16.6 Å². The number of nitrogens with zero attached hydrogens (tertiary/aromatic N) is 5. The normalized spacial score (nSPS) is 11.7. The van der Waals surface area contributed by atoms with E-state index in [1.54, 1.807) is 39.8 Å². The highest BCUT2D eigenvalue weighted by atomic mass is 32.2. The number of aromatic nitrogens is 5. The highest BCUT2D eigenvalue weighted by Gasteiger charge is 2.15. The number of nitrogens with one attached hydrogen (secondary N) is 1. The maximum Gasteiger partial charge on any atom is 0.261 e. The number of rotatable bonds is 5. The Labute approximate surface area is 150 Å². The Morgan fingerprint density at radius 3 is 2.65 bits per heavy atom. The first-order chi connectivity index (χ1) is 12.5. The zero-order valence-electron chi connectivity index (χ0n) is 13.9. The molecule has 0 unspecified atom stereocenters. The van der Waals surface area contributed by atoms with Crippen molar-refractivity contribution in [2.75, 3.05) is 4.72 Å². The number of hydrogen-bond acceptors (Lipinski definition) is 5. The van der Waals surface area contributed by atoms with E-state index < -0.39 is 10.0 Å². The molecule has 0 spiro atoms. The van der Waals surface area contributed by atoms with Gasteiger partial charge in [-0.2, -0.15) is 5.10 Å². The topological polar surface area (TPSA) is 94.7 Å². The SMILES string of the molecule is Cc1ccc(S(=O)(=O)Nc2cnn(Cn3nnc4ccccc43)c2)cc1. The molecule has 0 aliphatic heterocycles. The Bertz CT molecular complexity index is 1160. The lowest BCUT2D eigenvalue weighted by atomic mass is 10.2. The molecule has 2 aromatic carbocycles. The average molecular weight is 368 g/mol. The standard InChI is InChI=1S/C17H16N6O2S/c1-13-6-8-15(9-7-13)26(24,25)20-14-10-18-22(11-14)12-23-17-5-3-2-4-16(17)19-21-23/h2-11,20H,12H2,1H3. The van der Waals surface area contributed by atoms with Crippen LogP contribution in [-0.2, 0) is 16.7 Å². The molecule has 0 saturated heterocycles. The van der Waals surface area contributed by atoms with Gasteiger partial charge in [0, 0.05) is 0 Å². The second-order valence-electron chi connectivity index (χ2n) is 5.91. The molecule has 2 aromatic heterocycles. The van der Waals surface area contributed by atoms with Gasteiger partial charge in [-0.25, -0.2) is 17.8 Å². The summed E-state index contributed by atoms with van der Waals surface area (Å²) in [5, 5.41) is 12.4. The Morgan fingerprint density at radius 1 is 1.08 bits per heavy atom. The third-order valence-corrected chi connectivity index (χ3v) is 5.31. The van der Waals surface area contributed by atoms with E-state index in [2.05, 4.69) is 20.1 Å². The summed E-state index contributed by atoms with van der Waals surface area (Å²) >= 11 is 0. The van der Waals surface area contributed by atoms with Crippen molar-refractivity contribution in [3.8, 4) is 0 Å². The van der Waals surface area contributed by atoms with Gasteiger partial charge in [0.25, 0.3) is 10.0 Å². The van der Waals surface area contributed by atoms with Crippen molar-refractivity contribution in [3.63, 3.8) is 0 Å². The van der Waals surface area contributed by atoms with Gasteiger partial charge in [-0.15, -0.1) is 5.10 Å². The maximum absolute atomic E-state index is 12.4. The summed E-state index contributed by atoms with van der Waals surface area (Å²) in [6.45, 7) is 2.23. The highest BCUT2D eigenvalue weighted by Crippen LogP contribution is 2.16. The van der Waals surface area contributed by atoms with E-state index in [-0.39, 0.29) is 4.90 Å². The molecule has 132 valence electrons. The molecule has 0 fully saturated rings. The van der Waals surface area contributed by atoms with Crippen LogP contribution in [0.15, 0.2) is 65.8 Å². The van der Waals surface area contributed by atoms with Crippen LogP contribution in [0.3, 0.4) is 0 Å². The molecule has 0 bridgehead atoms. The van der Waals surface area contributed by atoms with Crippen molar-refractivity contribution in [1.82, 2.24) is 24.8 Å². The van der Waals surface area contributed by atoms with Crippen LogP contribution in [-0.4, -0.2) is 33.2 Å². The molecule has 4 aromatic rings. The van der Waals surface area contributed by atoms with Crippen molar-refractivity contribution >= 4 is 26.7 Å². The molecular formula is C17H16N6O2S. The summed E-state index contributed by atoms with van der Waals surface area (Å²) in [4.78, 5) is 0.207. The minimum atomic E-state index is -3.65. The number of anilines is 1. The van der Waals surface area contributed by atoms with Crippen LogP contribution in [0.1, 0.15) is 5.56 Å². The first-order valence-electron chi connectivity index (χ1n) is 7.91. The van der Waals surface area contributed by atoms with Crippen molar-refractivity contribution < 1.29 is 8.42 Å². The van der Waals surface area contributed by atoms with Gasteiger partial charge in [0.05, 0.1) is 28.5 Å². The van der Waals surface area contributed by atoms with Crippen LogP contribution in [0.25, 0.3) is 11.0 Å². The lowest BCUT2D eigenvalue weighted by molar-refractivity contribution is 0.502. The lowest BCUT2D eigenvalue weighted by Gasteiger charge is -2.06. The summed E-state index contributed by atoms with van der Waals surface area (Å²) in [7, 11) is -3.65. The van der Waals surface area contributed by atoms with Crippen LogP contribution < -0.4 is 4.72 Å². The summed E-state index contributed by atoms with van der Waals surface area (Å²) in [6.07, 6.45) is 3.08. The quantitative estimate of drug-likeness (QED) is 0.583. The lowest BCUT2D eigenvalue weighted by Crippen LogP contribution is -2.13. The van der Waals surface area contributed by atoms with Crippen LogP contribution >= 0.6 is 0 Å². The van der Waals surface area contributed by atoms with E-state index in [9.17, 15) is 8.42 Å². The molecule has 0 amide bonds. The average Bonchev–Trinajstić information content (AvgIpc) is 3.23. The fourth-order valence-corrected chi connectivity index (χ4v) is 3.61. The predicted molar refractivity (Wildman–Crippen MR) is 97.1 cm³/mol. The van der Waals surface area contributed by atoms with Gasteiger partial charge in [0.15, 0.2) is 0 Å². The second-order valence-corrected chi connectivity index (χ2v) is 7.59. The molecule has 0 aliphatic rings. The van der Waals surface area contributed by atoms with Crippen LogP contribution in [0.2, 0.25) is 0 Å². The van der Waals surface area contributed by atoms with E-state index in [1.807, 2.05) is 31.2 Å². The van der Waals surface area contributed by atoms with Crippen molar-refractivity contribution in [3.05, 3.63) is 66.5 Å². The largest absolute Gasteiger partial charge is 0.276 e. The number of para-hydroxylation sites is 1. The van der Waals surface area contributed by atoms with Gasteiger partial charge in [0.2, 0.25) is 0 Å². The molecule has 0 aliphatic carbocycles.